The summed E-state index contributed by atoms with van der Waals surface area (Å²) in [6.45, 7) is 4.97. The molecule has 0 aromatic heterocycles. The zero-order valence-electron chi connectivity index (χ0n) is 9.05. The normalized spacial score (nSPS) is 12.0. The molecule has 0 aliphatic rings. The van der Waals surface area contributed by atoms with Gasteiger partial charge < -0.3 is 10.2 Å². The van der Waals surface area contributed by atoms with E-state index in [9.17, 15) is 0 Å². The Hall–Kier alpha value is -0.0800. The van der Waals surface area contributed by atoms with E-state index in [-0.39, 0.29) is 0 Å². The highest BCUT2D eigenvalue weighted by atomic mass is 16.3. The number of aliphatic hydroxyl groups excluding tert-OH is 2. The van der Waals surface area contributed by atoms with Gasteiger partial charge in [0, 0.05) is 13.2 Å². The van der Waals surface area contributed by atoms with Gasteiger partial charge in [0.05, 0.1) is 0 Å². The maximum Gasteiger partial charge on any atom is 0.0436 e. The first-order valence-electron chi connectivity index (χ1n) is 5.46. The Morgan fingerprint density at radius 1 is 0.846 bits per heavy atom. The Bertz CT molecular complexity index is 109. The van der Waals surface area contributed by atoms with Crippen molar-refractivity contribution >= 4 is 0 Å². The summed E-state index contributed by atoms with van der Waals surface area (Å²) < 4.78 is 0. The SMILES string of the molecule is CCC(CC)(CCO)CCCCO. The van der Waals surface area contributed by atoms with Crippen LogP contribution in [0.3, 0.4) is 0 Å². The molecule has 0 rings (SSSR count). The molecule has 0 bridgehead atoms. The van der Waals surface area contributed by atoms with Crippen LogP contribution < -0.4 is 0 Å². The van der Waals surface area contributed by atoms with Gasteiger partial charge in [0.2, 0.25) is 0 Å². The minimum atomic E-state index is 0.292. The predicted molar refractivity (Wildman–Crippen MR) is 55.7 cm³/mol. The summed E-state index contributed by atoms with van der Waals surface area (Å²) in [6, 6.07) is 0. The first-order chi connectivity index (χ1) is 6.24. The second-order valence-electron chi connectivity index (χ2n) is 3.86. The molecule has 2 N–H and O–H groups in total. The third-order valence-corrected chi connectivity index (χ3v) is 3.26. The molecule has 0 saturated carbocycles. The molecule has 80 valence electrons. The molecule has 0 atom stereocenters. The highest BCUT2D eigenvalue weighted by molar-refractivity contribution is 4.76. The van der Waals surface area contributed by atoms with Crippen molar-refractivity contribution < 1.29 is 10.2 Å². The van der Waals surface area contributed by atoms with Crippen LogP contribution in [-0.4, -0.2) is 23.4 Å². The van der Waals surface area contributed by atoms with Gasteiger partial charge >= 0.3 is 0 Å². The van der Waals surface area contributed by atoms with Gasteiger partial charge in [-0.3, -0.25) is 0 Å². The fourth-order valence-corrected chi connectivity index (χ4v) is 1.93. The van der Waals surface area contributed by atoms with Crippen molar-refractivity contribution in [2.24, 2.45) is 5.41 Å². The van der Waals surface area contributed by atoms with E-state index < -0.39 is 0 Å². The molecule has 0 amide bonds. The zero-order chi connectivity index (χ0) is 10.2. The third-order valence-electron chi connectivity index (χ3n) is 3.26. The fourth-order valence-electron chi connectivity index (χ4n) is 1.93. The highest BCUT2D eigenvalue weighted by Gasteiger charge is 2.24. The quantitative estimate of drug-likeness (QED) is 0.574. The van der Waals surface area contributed by atoms with Gasteiger partial charge in [-0.2, -0.15) is 0 Å². The summed E-state index contributed by atoms with van der Waals surface area (Å²) in [6.07, 6.45) is 6.29. The van der Waals surface area contributed by atoms with Crippen LogP contribution in [0.5, 0.6) is 0 Å². The minimum absolute atomic E-state index is 0.292. The number of hydrogen-bond acceptors (Lipinski definition) is 2. The lowest BCUT2D eigenvalue weighted by atomic mass is 9.75. The fraction of sp³-hybridized carbons (Fsp3) is 1.00. The van der Waals surface area contributed by atoms with E-state index >= 15 is 0 Å². The monoisotopic (exact) mass is 188 g/mol. The van der Waals surface area contributed by atoms with Crippen molar-refractivity contribution in [1.82, 2.24) is 0 Å². The maximum absolute atomic E-state index is 8.97. The summed E-state index contributed by atoms with van der Waals surface area (Å²) in [4.78, 5) is 0. The lowest BCUT2D eigenvalue weighted by Crippen LogP contribution is -2.20. The summed E-state index contributed by atoms with van der Waals surface area (Å²) in [7, 11) is 0. The van der Waals surface area contributed by atoms with Crippen LogP contribution in [0.25, 0.3) is 0 Å². The summed E-state index contributed by atoms with van der Waals surface area (Å²) in [5.41, 5.74) is 0.323. The molecule has 0 aliphatic carbocycles. The van der Waals surface area contributed by atoms with Gasteiger partial charge in [0.25, 0.3) is 0 Å². The van der Waals surface area contributed by atoms with Crippen molar-refractivity contribution in [1.29, 1.82) is 0 Å². The van der Waals surface area contributed by atoms with Gasteiger partial charge in [-0.25, -0.2) is 0 Å². The van der Waals surface area contributed by atoms with Crippen LogP contribution in [0.2, 0.25) is 0 Å². The Labute approximate surface area is 82.0 Å². The van der Waals surface area contributed by atoms with E-state index in [4.69, 9.17) is 10.2 Å². The van der Waals surface area contributed by atoms with Crippen LogP contribution in [0.4, 0.5) is 0 Å². The Kier molecular flexibility index (Phi) is 7.29. The molecule has 0 spiro atoms. The maximum atomic E-state index is 8.97. The molecule has 0 aromatic carbocycles. The summed E-state index contributed by atoms with van der Waals surface area (Å²) in [5.74, 6) is 0. The van der Waals surface area contributed by atoms with Crippen molar-refractivity contribution in [3.05, 3.63) is 0 Å². The standard InChI is InChI=1S/C11H24O2/c1-3-11(4-2,8-10-13)7-5-6-9-12/h12-13H,3-10H2,1-2H3. The first kappa shape index (κ1) is 12.9. The van der Waals surface area contributed by atoms with Crippen molar-refractivity contribution in [2.75, 3.05) is 13.2 Å². The van der Waals surface area contributed by atoms with E-state index in [2.05, 4.69) is 13.8 Å². The van der Waals surface area contributed by atoms with E-state index in [0.29, 0.717) is 18.6 Å². The predicted octanol–water partition coefficient (Wildman–Crippen LogP) is 2.34. The summed E-state index contributed by atoms with van der Waals surface area (Å²) in [5, 5.41) is 17.7. The van der Waals surface area contributed by atoms with Gasteiger partial charge in [-0.1, -0.05) is 33.1 Å². The lowest BCUT2D eigenvalue weighted by molar-refractivity contribution is 0.149. The molecule has 2 nitrogen and oxygen atoms in total. The van der Waals surface area contributed by atoms with E-state index in [1.165, 1.54) is 0 Å². The van der Waals surface area contributed by atoms with Crippen molar-refractivity contribution in [3.8, 4) is 0 Å². The molecule has 2 heteroatoms. The van der Waals surface area contributed by atoms with E-state index in [1.54, 1.807) is 0 Å². The van der Waals surface area contributed by atoms with Crippen molar-refractivity contribution in [3.63, 3.8) is 0 Å². The zero-order valence-corrected chi connectivity index (χ0v) is 9.05. The molecule has 0 heterocycles. The largest absolute Gasteiger partial charge is 0.396 e. The molecule has 0 fully saturated rings. The minimum Gasteiger partial charge on any atom is -0.396 e. The first-order valence-corrected chi connectivity index (χ1v) is 5.46. The van der Waals surface area contributed by atoms with Gasteiger partial charge in [-0.05, 0) is 24.7 Å². The molecule has 0 radical (unpaired) electrons. The van der Waals surface area contributed by atoms with Crippen LogP contribution >= 0.6 is 0 Å². The van der Waals surface area contributed by atoms with Crippen LogP contribution in [-0.2, 0) is 0 Å². The molecular formula is C11H24O2. The number of hydrogen-bond donors (Lipinski definition) is 2. The molecule has 0 aliphatic heterocycles. The number of aliphatic hydroxyl groups is 2. The molecule has 0 saturated heterocycles. The Morgan fingerprint density at radius 2 is 1.46 bits per heavy atom. The smallest absolute Gasteiger partial charge is 0.0436 e. The average Bonchev–Trinajstić information content (AvgIpc) is 2.17. The summed E-state index contributed by atoms with van der Waals surface area (Å²) >= 11 is 0. The van der Waals surface area contributed by atoms with E-state index in [0.717, 1.165) is 38.5 Å². The van der Waals surface area contributed by atoms with Gasteiger partial charge in [0.1, 0.15) is 0 Å². The van der Waals surface area contributed by atoms with Crippen molar-refractivity contribution in [2.45, 2.75) is 52.4 Å². The molecule has 0 aromatic rings. The molecule has 13 heavy (non-hydrogen) atoms. The topological polar surface area (TPSA) is 40.5 Å². The second kappa shape index (κ2) is 7.34. The van der Waals surface area contributed by atoms with Gasteiger partial charge in [-0.15, -0.1) is 0 Å². The van der Waals surface area contributed by atoms with E-state index in [1.807, 2.05) is 0 Å². The third kappa shape index (κ3) is 4.63. The second-order valence-corrected chi connectivity index (χ2v) is 3.86. The Balaban J connectivity index is 3.89. The molecular weight excluding hydrogens is 164 g/mol. The number of rotatable bonds is 8. The Morgan fingerprint density at radius 3 is 1.85 bits per heavy atom. The van der Waals surface area contributed by atoms with Crippen LogP contribution in [0.15, 0.2) is 0 Å². The molecule has 0 unspecified atom stereocenters. The average molecular weight is 188 g/mol. The number of unbranched alkanes of at least 4 members (excludes halogenated alkanes) is 1. The highest BCUT2D eigenvalue weighted by Crippen LogP contribution is 2.35. The van der Waals surface area contributed by atoms with Gasteiger partial charge in [0.15, 0.2) is 0 Å². The van der Waals surface area contributed by atoms with Crippen LogP contribution in [0, 0.1) is 5.41 Å². The van der Waals surface area contributed by atoms with Crippen LogP contribution in [0.1, 0.15) is 52.4 Å². The lowest BCUT2D eigenvalue weighted by Gasteiger charge is -2.31.